The van der Waals surface area contributed by atoms with Crippen molar-refractivity contribution in [1.29, 1.82) is 0 Å². The molecule has 0 aromatic heterocycles. The van der Waals surface area contributed by atoms with Crippen molar-refractivity contribution in [3.05, 3.63) is 35.9 Å². The lowest BCUT2D eigenvalue weighted by molar-refractivity contribution is -0.141. The fraction of sp³-hybridized carbons (Fsp3) is 0.500. The summed E-state index contributed by atoms with van der Waals surface area (Å²) in [5.41, 5.74) is 6.64. The highest BCUT2D eigenvalue weighted by molar-refractivity contribution is 7.98. The van der Waals surface area contributed by atoms with E-state index in [0.717, 1.165) is 11.3 Å². The Balaban J connectivity index is 2.50. The van der Waals surface area contributed by atoms with Gasteiger partial charge in [-0.2, -0.15) is 11.8 Å². The lowest BCUT2D eigenvalue weighted by Gasteiger charge is -2.23. The van der Waals surface area contributed by atoms with Gasteiger partial charge in [-0.1, -0.05) is 30.3 Å². The molecule has 1 aromatic carbocycles. The summed E-state index contributed by atoms with van der Waals surface area (Å²) in [4.78, 5) is 49.3. The molecule has 0 fully saturated rings. The summed E-state index contributed by atoms with van der Waals surface area (Å²) in [5.74, 6) is -1.89. The molecule has 3 amide bonds. The SMILES string of the molecule is CCN(CC(=O)NCC(=O)N[C@@H](Cc1ccccc1)C(=O)O)C(=O)[C@@H](N)CCSC. The van der Waals surface area contributed by atoms with Gasteiger partial charge >= 0.3 is 5.97 Å². The number of aliphatic carboxylic acids is 1. The van der Waals surface area contributed by atoms with Gasteiger partial charge < -0.3 is 26.4 Å². The van der Waals surface area contributed by atoms with E-state index in [2.05, 4.69) is 10.6 Å². The Labute approximate surface area is 180 Å². The van der Waals surface area contributed by atoms with E-state index in [9.17, 15) is 24.3 Å². The predicted octanol–water partition coefficient (Wildman–Crippen LogP) is -0.156. The molecule has 0 aliphatic carbocycles. The lowest BCUT2D eigenvalue weighted by Crippen LogP contribution is -2.50. The number of nitrogens with two attached hydrogens (primary N) is 1. The van der Waals surface area contributed by atoms with Gasteiger partial charge in [0.2, 0.25) is 17.7 Å². The molecule has 166 valence electrons. The highest BCUT2D eigenvalue weighted by atomic mass is 32.2. The van der Waals surface area contributed by atoms with Crippen molar-refractivity contribution >= 4 is 35.5 Å². The van der Waals surface area contributed by atoms with E-state index < -0.39 is 29.9 Å². The molecular formula is C20H30N4O5S. The van der Waals surface area contributed by atoms with E-state index in [0.29, 0.717) is 13.0 Å². The maximum Gasteiger partial charge on any atom is 0.326 e. The van der Waals surface area contributed by atoms with Crippen molar-refractivity contribution in [2.24, 2.45) is 5.73 Å². The second-order valence-electron chi connectivity index (χ2n) is 6.67. The Morgan fingerprint density at radius 3 is 2.40 bits per heavy atom. The Morgan fingerprint density at radius 1 is 1.17 bits per heavy atom. The van der Waals surface area contributed by atoms with Gasteiger partial charge in [0.15, 0.2) is 0 Å². The van der Waals surface area contributed by atoms with Crippen molar-refractivity contribution in [2.45, 2.75) is 31.8 Å². The Morgan fingerprint density at radius 2 is 1.83 bits per heavy atom. The molecule has 0 aliphatic rings. The molecule has 2 atom stereocenters. The maximum absolute atomic E-state index is 12.3. The highest BCUT2D eigenvalue weighted by Gasteiger charge is 2.23. The monoisotopic (exact) mass is 438 g/mol. The van der Waals surface area contributed by atoms with Gasteiger partial charge in [0.05, 0.1) is 19.1 Å². The van der Waals surface area contributed by atoms with Crippen LogP contribution < -0.4 is 16.4 Å². The van der Waals surface area contributed by atoms with Crippen LogP contribution in [0.5, 0.6) is 0 Å². The molecule has 0 radical (unpaired) electrons. The average Bonchev–Trinajstić information content (AvgIpc) is 2.74. The molecule has 0 heterocycles. The first-order valence-corrected chi connectivity index (χ1v) is 11.0. The lowest BCUT2D eigenvalue weighted by atomic mass is 10.1. The number of thioether (sulfide) groups is 1. The fourth-order valence-corrected chi connectivity index (χ4v) is 3.14. The van der Waals surface area contributed by atoms with Crippen LogP contribution in [0.3, 0.4) is 0 Å². The number of nitrogens with one attached hydrogen (secondary N) is 2. The molecule has 1 aromatic rings. The third kappa shape index (κ3) is 9.27. The van der Waals surface area contributed by atoms with Crippen LogP contribution in [0.2, 0.25) is 0 Å². The van der Waals surface area contributed by atoms with E-state index in [-0.39, 0.29) is 25.4 Å². The van der Waals surface area contributed by atoms with Gasteiger partial charge in [0, 0.05) is 13.0 Å². The number of hydrogen-bond donors (Lipinski definition) is 4. The zero-order valence-electron chi connectivity index (χ0n) is 17.3. The van der Waals surface area contributed by atoms with Gasteiger partial charge in [-0.3, -0.25) is 14.4 Å². The van der Waals surface area contributed by atoms with Crippen molar-refractivity contribution < 1.29 is 24.3 Å². The number of nitrogens with zero attached hydrogens (tertiary/aromatic N) is 1. The summed E-state index contributed by atoms with van der Waals surface area (Å²) >= 11 is 1.58. The van der Waals surface area contributed by atoms with Crippen LogP contribution in [0, 0.1) is 0 Å². The minimum atomic E-state index is -1.17. The topological polar surface area (TPSA) is 142 Å². The normalized spacial score (nSPS) is 12.5. The summed E-state index contributed by atoms with van der Waals surface area (Å²) in [5, 5.41) is 14.1. The standard InChI is InChI=1S/C20H30N4O5S/c1-3-24(19(27)15(21)9-10-30-2)13-18(26)22-12-17(25)23-16(20(28)29)11-14-7-5-4-6-8-14/h4-8,15-16H,3,9-13,21H2,1-2H3,(H,22,26)(H,23,25)(H,28,29)/t15-,16-/m0/s1. The molecule has 10 heteroatoms. The molecule has 0 aliphatic heterocycles. The summed E-state index contributed by atoms with van der Waals surface area (Å²) in [6, 6.07) is 7.12. The second-order valence-corrected chi connectivity index (χ2v) is 7.65. The minimum Gasteiger partial charge on any atom is -0.480 e. The van der Waals surface area contributed by atoms with Gasteiger partial charge in [-0.25, -0.2) is 4.79 Å². The molecular weight excluding hydrogens is 408 g/mol. The summed E-state index contributed by atoms with van der Waals surface area (Å²) in [7, 11) is 0. The molecule has 0 bridgehead atoms. The summed E-state index contributed by atoms with van der Waals surface area (Å²) < 4.78 is 0. The van der Waals surface area contributed by atoms with Crippen LogP contribution in [0.25, 0.3) is 0 Å². The number of likely N-dealkylation sites (N-methyl/N-ethyl adjacent to an activating group) is 1. The number of carboxylic acid groups (broad SMARTS) is 1. The third-order valence-electron chi connectivity index (χ3n) is 4.34. The zero-order valence-corrected chi connectivity index (χ0v) is 18.1. The zero-order chi connectivity index (χ0) is 22.5. The van der Waals surface area contributed by atoms with Crippen molar-refractivity contribution in [3.8, 4) is 0 Å². The number of benzene rings is 1. The molecule has 9 nitrogen and oxygen atoms in total. The van der Waals surface area contributed by atoms with Crippen molar-refractivity contribution in [2.75, 3.05) is 31.6 Å². The largest absolute Gasteiger partial charge is 0.480 e. The van der Waals surface area contributed by atoms with Gasteiger partial charge in [0.1, 0.15) is 6.04 Å². The molecule has 5 N–H and O–H groups in total. The Kier molecular flexibility index (Phi) is 11.5. The highest BCUT2D eigenvalue weighted by Crippen LogP contribution is 2.04. The molecule has 0 saturated heterocycles. The Hall–Kier alpha value is -2.59. The quantitative estimate of drug-likeness (QED) is 0.335. The van der Waals surface area contributed by atoms with Gasteiger partial charge in [0.25, 0.3) is 0 Å². The summed E-state index contributed by atoms with van der Waals surface area (Å²) in [6.45, 7) is 1.44. The van der Waals surface area contributed by atoms with Crippen LogP contribution in [0.15, 0.2) is 30.3 Å². The first-order valence-electron chi connectivity index (χ1n) is 9.64. The first-order chi connectivity index (χ1) is 14.3. The number of rotatable bonds is 13. The third-order valence-corrected chi connectivity index (χ3v) is 4.98. The first kappa shape index (κ1) is 25.4. The fourth-order valence-electron chi connectivity index (χ4n) is 2.65. The maximum atomic E-state index is 12.3. The van der Waals surface area contributed by atoms with Crippen molar-refractivity contribution in [3.63, 3.8) is 0 Å². The van der Waals surface area contributed by atoms with Crippen LogP contribution in [0.1, 0.15) is 18.9 Å². The van der Waals surface area contributed by atoms with Crippen LogP contribution >= 0.6 is 11.8 Å². The predicted molar refractivity (Wildman–Crippen MR) is 116 cm³/mol. The van der Waals surface area contributed by atoms with E-state index in [4.69, 9.17) is 5.73 Å². The van der Waals surface area contributed by atoms with Crippen molar-refractivity contribution in [1.82, 2.24) is 15.5 Å². The number of carboxylic acids is 1. The van der Waals surface area contributed by atoms with E-state index in [1.54, 1.807) is 43.0 Å². The number of hydrogen-bond acceptors (Lipinski definition) is 6. The van der Waals surface area contributed by atoms with Gasteiger partial charge in [-0.05, 0) is 30.9 Å². The van der Waals surface area contributed by atoms with Crippen LogP contribution in [-0.2, 0) is 25.6 Å². The number of carbonyl (C=O) groups is 4. The Bertz CT molecular complexity index is 716. The van der Waals surface area contributed by atoms with Crippen LogP contribution in [-0.4, -0.2) is 77.4 Å². The van der Waals surface area contributed by atoms with Gasteiger partial charge in [-0.15, -0.1) is 0 Å². The molecule has 0 unspecified atom stereocenters. The smallest absolute Gasteiger partial charge is 0.326 e. The summed E-state index contributed by atoms with van der Waals surface area (Å²) in [6.07, 6.45) is 2.56. The number of carbonyl (C=O) groups excluding carboxylic acids is 3. The van der Waals surface area contributed by atoms with E-state index in [1.165, 1.54) is 4.90 Å². The molecule has 0 saturated carbocycles. The average molecular weight is 439 g/mol. The molecule has 30 heavy (non-hydrogen) atoms. The van der Waals surface area contributed by atoms with Crippen LogP contribution in [0.4, 0.5) is 0 Å². The van der Waals surface area contributed by atoms with E-state index in [1.807, 2.05) is 12.3 Å². The van der Waals surface area contributed by atoms with E-state index >= 15 is 0 Å². The minimum absolute atomic E-state index is 0.127. The number of amides is 3. The second kappa shape index (κ2) is 13.6. The molecule has 0 spiro atoms. The molecule has 1 rings (SSSR count).